The summed E-state index contributed by atoms with van der Waals surface area (Å²) in [6.45, 7) is 14.5. The van der Waals surface area contributed by atoms with Gasteiger partial charge in [0.25, 0.3) is 0 Å². The van der Waals surface area contributed by atoms with Crippen LogP contribution in [0.2, 0.25) is 15.8 Å². The number of hydrogen-bond acceptors (Lipinski definition) is 3. The fourth-order valence-electron chi connectivity index (χ4n) is 2.03. The van der Waals surface area contributed by atoms with Gasteiger partial charge >= 0.3 is 123 Å². The molecular weight excluding hydrogens is 317 g/mol. The van der Waals surface area contributed by atoms with Crippen molar-refractivity contribution in [1.29, 1.82) is 0 Å². The van der Waals surface area contributed by atoms with Crippen molar-refractivity contribution >= 4 is 22.1 Å². The van der Waals surface area contributed by atoms with Crippen LogP contribution in [0.25, 0.3) is 0 Å². The van der Waals surface area contributed by atoms with Gasteiger partial charge in [-0.2, -0.15) is 0 Å². The second kappa shape index (κ2) is 10.0. The number of hydrogen-bond donors (Lipinski definition) is 0. The fourth-order valence-corrected chi connectivity index (χ4v) is 10.9. The molecule has 112 valence electrons. The zero-order chi connectivity index (χ0) is 14.8. The molecule has 0 radical (unpaired) electrons. The molecule has 0 aliphatic rings. The van der Waals surface area contributed by atoms with E-state index in [0.717, 1.165) is 0 Å². The quantitative estimate of drug-likeness (QED) is 0.471. The first kappa shape index (κ1) is 19.2. The van der Waals surface area contributed by atoms with Crippen molar-refractivity contribution in [3.05, 3.63) is 0 Å². The molecule has 0 fully saturated rings. The molecule has 0 heterocycles. The van der Waals surface area contributed by atoms with Gasteiger partial charge < -0.3 is 0 Å². The summed E-state index contributed by atoms with van der Waals surface area (Å²) in [6.07, 6.45) is 0. The van der Waals surface area contributed by atoms with E-state index in [9.17, 15) is 0 Å². The second-order valence-electron chi connectivity index (χ2n) is 4.45. The molecule has 5 heteroatoms. The van der Waals surface area contributed by atoms with Crippen LogP contribution in [0.15, 0.2) is 0 Å². The first-order valence-corrected chi connectivity index (χ1v) is 14.8. The Labute approximate surface area is 123 Å². The van der Waals surface area contributed by atoms with Crippen molar-refractivity contribution in [1.82, 2.24) is 0 Å². The van der Waals surface area contributed by atoms with Crippen LogP contribution in [0.3, 0.4) is 0 Å². The van der Waals surface area contributed by atoms with Gasteiger partial charge in [-0.05, 0) is 0 Å². The SMILES string of the molecule is CCO[Si](C#[C][Ge]([CH2]C)([CH2]C)[CH2]C)(OCC)OCC. The van der Waals surface area contributed by atoms with Crippen LogP contribution < -0.4 is 0 Å². The number of rotatable bonds is 9. The molecule has 0 spiro atoms. The first-order chi connectivity index (χ1) is 9.07. The summed E-state index contributed by atoms with van der Waals surface area (Å²) in [4.78, 5) is 0. The van der Waals surface area contributed by atoms with Gasteiger partial charge in [-0.25, -0.2) is 0 Å². The Morgan fingerprint density at radius 1 is 0.737 bits per heavy atom. The van der Waals surface area contributed by atoms with Gasteiger partial charge in [0, 0.05) is 0 Å². The van der Waals surface area contributed by atoms with E-state index in [-0.39, 0.29) is 0 Å². The van der Waals surface area contributed by atoms with Crippen LogP contribution in [0.5, 0.6) is 0 Å². The maximum atomic E-state index is 5.79. The monoisotopic (exact) mass is 348 g/mol. The first-order valence-electron chi connectivity index (χ1n) is 7.53. The van der Waals surface area contributed by atoms with Gasteiger partial charge in [-0.15, -0.1) is 0 Å². The minimum absolute atomic E-state index is 0.589. The molecule has 0 aliphatic heterocycles. The maximum absolute atomic E-state index is 5.79. The Kier molecular flexibility index (Phi) is 10.1. The summed E-state index contributed by atoms with van der Waals surface area (Å²) < 4.78 is 21.0. The second-order valence-corrected chi connectivity index (χ2v) is 17.0. The summed E-state index contributed by atoms with van der Waals surface area (Å²) in [6, 6.07) is 0. The molecular formula is C14H30GeO3Si. The molecule has 0 amide bonds. The Morgan fingerprint density at radius 2 is 1.11 bits per heavy atom. The van der Waals surface area contributed by atoms with E-state index < -0.39 is 22.1 Å². The molecule has 0 rings (SSSR count). The van der Waals surface area contributed by atoms with Crippen molar-refractivity contribution in [3.63, 3.8) is 0 Å². The Bertz CT molecular complexity index is 270. The minimum atomic E-state index is -2.77. The van der Waals surface area contributed by atoms with E-state index in [4.69, 9.17) is 13.3 Å². The van der Waals surface area contributed by atoms with Gasteiger partial charge in [0.15, 0.2) is 0 Å². The van der Waals surface area contributed by atoms with Crippen LogP contribution in [-0.2, 0) is 13.3 Å². The van der Waals surface area contributed by atoms with E-state index in [2.05, 4.69) is 31.1 Å². The molecule has 19 heavy (non-hydrogen) atoms. The third-order valence-corrected chi connectivity index (χ3v) is 16.4. The van der Waals surface area contributed by atoms with Crippen molar-refractivity contribution in [2.75, 3.05) is 19.8 Å². The van der Waals surface area contributed by atoms with Gasteiger partial charge in [0.2, 0.25) is 0 Å². The van der Waals surface area contributed by atoms with Gasteiger partial charge in [0.1, 0.15) is 0 Å². The van der Waals surface area contributed by atoms with E-state index >= 15 is 0 Å². The Hall–Kier alpha value is 0.200. The molecule has 0 atom stereocenters. The van der Waals surface area contributed by atoms with Gasteiger partial charge in [-0.1, -0.05) is 0 Å². The third kappa shape index (κ3) is 6.01. The van der Waals surface area contributed by atoms with Crippen molar-refractivity contribution in [2.24, 2.45) is 0 Å². The molecule has 0 bridgehead atoms. The predicted octanol–water partition coefficient (Wildman–Crippen LogP) is 3.63. The Balaban J connectivity index is 5.27. The molecule has 0 aromatic rings. The average Bonchev–Trinajstić information content (AvgIpc) is 2.42. The average molecular weight is 347 g/mol. The zero-order valence-corrected chi connectivity index (χ0v) is 16.6. The summed E-state index contributed by atoms with van der Waals surface area (Å²) in [7, 11) is -2.77. The zero-order valence-electron chi connectivity index (χ0n) is 13.5. The topological polar surface area (TPSA) is 27.7 Å². The third-order valence-electron chi connectivity index (χ3n) is 3.51. The summed E-state index contributed by atoms with van der Waals surface area (Å²) >= 11 is -2.02. The summed E-state index contributed by atoms with van der Waals surface area (Å²) in [5.41, 5.74) is 3.34. The normalized spacial score (nSPS) is 12.1. The van der Waals surface area contributed by atoms with E-state index in [1.807, 2.05) is 20.8 Å². The molecule has 0 aromatic carbocycles. The molecule has 0 aromatic heterocycles. The van der Waals surface area contributed by atoms with E-state index in [1.165, 1.54) is 15.8 Å². The summed E-state index contributed by atoms with van der Waals surface area (Å²) in [5, 5.41) is 3.69. The Morgan fingerprint density at radius 3 is 1.37 bits per heavy atom. The molecule has 0 saturated heterocycles. The van der Waals surface area contributed by atoms with E-state index in [1.54, 1.807) is 0 Å². The van der Waals surface area contributed by atoms with Crippen molar-refractivity contribution in [3.8, 4) is 10.3 Å². The van der Waals surface area contributed by atoms with E-state index in [0.29, 0.717) is 19.8 Å². The fraction of sp³-hybridized carbons (Fsp3) is 0.857. The van der Waals surface area contributed by atoms with Crippen LogP contribution in [-0.4, -0.2) is 41.9 Å². The standard InChI is InChI=1S/C14H30GeO3Si/c1-7-15(8-2,9-3)13-14-19(16-10-4,17-11-5)18-12-6/h7-12H2,1-6H3. The molecule has 0 unspecified atom stereocenters. The predicted molar refractivity (Wildman–Crippen MR) is 85.6 cm³/mol. The molecule has 0 saturated carbocycles. The van der Waals surface area contributed by atoms with Gasteiger partial charge in [0.05, 0.1) is 0 Å². The van der Waals surface area contributed by atoms with Crippen LogP contribution in [0.1, 0.15) is 41.5 Å². The van der Waals surface area contributed by atoms with Gasteiger partial charge in [-0.3, -0.25) is 0 Å². The summed E-state index contributed by atoms with van der Waals surface area (Å²) in [5.74, 6) is 0. The van der Waals surface area contributed by atoms with Crippen molar-refractivity contribution in [2.45, 2.75) is 57.3 Å². The van der Waals surface area contributed by atoms with Crippen LogP contribution in [0, 0.1) is 10.3 Å². The van der Waals surface area contributed by atoms with Crippen LogP contribution >= 0.6 is 0 Å². The molecule has 3 nitrogen and oxygen atoms in total. The van der Waals surface area contributed by atoms with Crippen LogP contribution in [0.4, 0.5) is 0 Å². The molecule has 0 N–H and O–H groups in total. The van der Waals surface area contributed by atoms with Crippen molar-refractivity contribution < 1.29 is 13.3 Å². The molecule has 0 aliphatic carbocycles.